The van der Waals surface area contributed by atoms with Crippen LogP contribution in [-0.4, -0.2) is 132 Å². The molecular weight excluding hydrogens is 825 g/mol. The van der Waals surface area contributed by atoms with Crippen molar-refractivity contribution in [3.8, 4) is 0 Å². The molecule has 0 radical (unpaired) electrons. The number of amides is 3. The van der Waals surface area contributed by atoms with Crippen LogP contribution in [-0.2, 0) is 33.4 Å². The van der Waals surface area contributed by atoms with Crippen molar-refractivity contribution in [2.24, 2.45) is 5.92 Å². The fourth-order valence-electron chi connectivity index (χ4n) is 7.18. The zero-order valence-corrected chi connectivity index (χ0v) is 37.5. The Morgan fingerprint density at radius 1 is 0.887 bits per heavy atom. The number of hydrogen-bond donors (Lipinski definition) is 6. The van der Waals surface area contributed by atoms with Gasteiger partial charge in [0.05, 0.1) is 23.0 Å². The van der Waals surface area contributed by atoms with Crippen LogP contribution in [0.15, 0.2) is 21.9 Å². The molecule has 17 nitrogen and oxygen atoms in total. The minimum absolute atomic E-state index is 0.0248. The number of ether oxygens (including phenoxy) is 2. The molecule has 2 unspecified atom stereocenters. The first-order valence-corrected chi connectivity index (χ1v) is 23.3. The number of aliphatic hydroxyl groups excluding tert-OH is 4. The van der Waals surface area contributed by atoms with Gasteiger partial charge in [-0.25, -0.2) is 4.79 Å². The molecule has 0 bridgehead atoms. The second kappa shape index (κ2) is 27.6. The average molecular weight is 895 g/mol. The van der Waals surface area contributed by atoms with Gasteiger partial charge in [0.1, 0.15) is 29.9 Å². The lowest BCUT2D eigenvalue weighted by Crippen LogP contribution is -2.38. The Morgan fingerprint density at radius 3 is 2.16 bits per heavy atom. The van der Waals surface area contributed by atoms with Gasteiger partial charge in [-0.05, 0) is 65.4 Å². The second-order valence-corrected chi connectivity index (χ2v) is 18.6. The molecule has 3 heterocycles. The van der Waals surface area contributed by atoms with Gasteiger partial charge < -0.3 is 35.2 Å². The number of aromatic amines is 1. The number of thioether (sulfide) groups is 1. The van der Waals surface area contributed by atoms with Crippen LogP contribution >= 0.6 is 11.8 Å². The standard InChI is InChI=1S/C44H70N4O13S/c1-44(2,3)60-29-34-38(55)39(56)42(61-34)48-26-31(40(57)46-43(48)59)19-20-36(53)45-22-13-6-4-5-10-18-33(52)21-24-62-35-25-37(54)47(41(35)58)23-14-8-12-17-32(51)16-11-7-9-15-30(27-49)28-50/h19-20,26,30,34-35,38-39,42,49-50,55-56H,4-18,21-25,27-29H2,1-3H3,(H,45,53)(H,46,57,59)/b20-19+/t34-,35?,38+,39?,42-/m1/s1. The number of carbonyl (C=O) groups excluding carboxylic acids is 5. The van der Waals surface area contributed by atoms with Gasteiger partial charge in [-0.2, -0.15) is 0 Å². The van der Waals surface area contributed by atoms with Crippen LogP contribution in [0.2, 0.25) is 0 Å². The van der Waals surface area contributed by atoms with Crippen LogP contribution < -0.4 is 16.6 Å². The van der Waals surface area contributed by atoms with Gasteiger partial charge in [-0.15, -0.1) is 11.8 Å². The second-order valence-electron chi connectivity index (χ2n) is 17.3. The number of H-pyrrole nitrogens is 1. The van der Waals surface area contributed by atoms with Gasteiger partial charge in [0.25, 0.3) is 5.56 Å². The van der Waals surface area contributed by atoms with Gasteiger partial charge in [-0.1, -0.05) is 38.5 Å². The van der Waals surface area contributed by atoms with E-state index >= 15 is 0 Å². The van der Waals surface area contributed by atoms with E-state index in [4.69, 9.17) is 19.7 Å². The van der Waals surface area contributed by atoms with Crippen molar-refractivity contribution in [1.82, 2.24) is 19.8 Å². The minimum atomic E-state index is -1.47. The lowest BCUT2D eigenvalue weighted by atomic mass is 10.0. The molecule has 2 saturated heterocycles. The van der Waals surface area contributed by atoms with Crippen LogP contribution in [0, 0.1) is 5.92 Å². The number of carbonyl (C=O) groups is 5. The highest BCUT2D eigenvalue weighted by Crippen LogP contribution is 2.30. The molecule has 3 rings (SSSR count). The molecule has 18 heteroatoms. The Bertz CT molecular complexity index is 1740. The summed E-state index contributed by atoms with van der Waals surface area (Å²) in [6.45, 7) is 6.14. The topological polar surface area (TPSA) is 255 Å². The van der Waals surface area contributed by atoms with E-state index in [0.29, 0.717) is 63.8 Å². The normalized spacial score (nSPS) is 20.6. The van der Waals surface area contributed by atoms with E-state index in [1.54, 1.807) is 0 Å². The quantitative estimate of drug-likeness (QED) is 0.0356. The van der Waals surface area contributed by atoms with E-state index in [1.807, 2.05) is 20.8 Å². The third-order valence-corrected chi connectivity index (χ3v) is 12.2. The number of rotatable bonds is 31. The van der Waals surface area contributed by atoms with E-state index in [-0.39, 0.29) is 61.1 Å². The number of aromatic nitrogens is 2. The van der Waals surface area contributed by atoms with E-state index in [2.05, 4.69) is 10.3 Å². The molecule has 5 atom stereocenters. The Morgan fingerprint density at radius 2 is 1.50 bits per heavy atom. The van der Waals surface area contributed by atoms with Gasteiger partial charge in [0.2, 0.25) is 17.7 Å². The smallest absolute Gasteiger partial charge is 0.330 e. The average Bonchev–Trinajstić information content (AvgIpc) is 3.66. The highest BCUT2D eigenvalue weighted by Gasteiger charge is 2.45. The van der Waals surface area contributed by atoms with Crippen molar-refractivity contribution < 1.29 is 53.9 Å². The fourth-order valence-corrected chi connectivity index (χ4v) is 8.34. The predicted molar refractivity (Wildman–Crippen MR) is 234 cm³/mol. The van der Waals surface area contributed by atoms with Crippen LogP contribution in [0.1, 0.15) is 142 Å². The number of imide groups is 1. The summed E-state index contributed by atoms with van der Waals surface area (Å²) in [5, 5.41) is 41.5. The molecule has 350 valence electrons. The van der Waals surface area contributed by atoms with Crippen molar-refractivity contribution in [2.75, 3.05) is 38.7 Å². The summed E-state index contributed by atoms with van der Waals surface area (Å²) >= 11 is 1.36. The maximum Gasteiger partial charge on any atom is 0.330 e. The third kappa shape index (κ3) is 18.7. The first kappa shape index (κ1) is 52.8. The predicted octanol–water partition coefficient (Wildman–Crippen LogP) is 2.94. The van der Waals surface area contributed by atoms with Crippen molar-refractivity contribution in [1.29, 1.82) is 0 Å². The maximum atomic E-state index is 12.8. The third-order valence-electron chi connectivity index (χ3n) is 11.0. The number of hydrogen-bond acceptors (Lipinski definition) is 14. The lowest BCUT2D eigenvalue weighted by molar-refractivity contribution is -0.138. The molecule has 0 aliphatic carbocycles. The highest BCUT2D eigenvalue weighted by molar-refractivity contribution is 8.00. The highest BCUT2D eigenvalue weighted by atomic mass is 32.2. The van der Waals surface area contributed by atoms with Crippen molar-refractivity contribution in [3.05, 3.63) is 38.7 Å². The van der Waals surface area contributed by atoms with Crippen molar-refractivity contribution in [2.45, 2.75) is 165 Å². The molecule has 0 saturated carbocycles. The van der Waals surface area contributed by atoms with E-state index in [0.717, 1.165) is 68.6 Å². The number of ketones is 2. The Balaban J connectivity index is 1.22. The molecule has 6 N–H and O–H groups in total. The fraction of sp³-hybridized carbons (Fsp3) is 0.750. The summed E-state index contributed by atoms with van der Waals surface area (Å²) in [7, 11) is 0. The number of nitrogens with one attached hydrogen (secondary N) is 2. The molecule has 0 spiro atoms. The van der Waals surface area contributed by atoms with Crippen LogP contribution in [0.3, 0.4) is 0 Å². The molecule has 2 aliphatic heterocycles. The largest absolute Gasteiger partial charge is 0.396 e. The Kier molecular flexibility index (Phi) is 23.5. The molecule has 0 aromatic carbocycles. The molecule has 1 aromatic heterocycles. The molecule has 2 aliphatic rings. The monoisotopic (exact) mass is 894 g/mol. The number of aliphatic hydroxyl groups is 4. The molecule has 1 aromatic rings. The lowest BCUT2D eigenvalue weighted by Gasteiger charge is -2.23. The van der Waals surface area contributed by atoms with Crippen molar-refractivity contribution >= 4 is 47.1 Å². The number of Topliss-reactive ketones (excluding diaryl/α,β-unsaturated/α-hetero) is 2. The molecule has 3 amide bonds. The first-order valence-electron chi connectivity index (χ1n) is 22.2. The first-order chi connectivity index (χ1) is 29.5. The summed E-state index contributed by atoms with van der Waals surface area (Å²) < 4.78 is 12.3. The number of unbranched alkanes of at least 4 members (excludes halogenated alkanes) is 8. The molecule has 62 heavy (non-hydrogen) atoms. The summed E-state index contributed by atoms with van der Waals surface area (Å²) in [6, 6.07) is 0. The summed E-state index contributed by atoms with van der Waals surface area (Å²) in [5.41, 5.74) is -2.14. The van der Waals surface area contributed by atoms with Crippen LogP contribution in [0.5, 0.6) is 0 Å². The molecule has 2 fully saturated rings. The Labute approximate surface area is 368 Å². The van der Waals surface area contributed by atoms with Gasteiger partial charge in [0, 0.05) is 82.4 Å². The van der Waals surface area contributed by atoms with Crippen molar-refractivity contribution in [3.63, 3.8) is 0 Å². The number of nitrogens with zero attached hydrogens (tertiary/aromatic N) is 2. The maximum absolute atomic E-state index is 12.8. The van der Waals surface area contributed by atoms with Crippen LogP contribution in [0.4, 0.5) is 0 Å². The zero-order valence-electron chi connectivity index (χ0n) is 36.7. The number of likely N-dealkylation sites (tertiary alicyclic amines) is 1. The minimum Gasteiger partial charge on any atom is -0.396 e. The van der Waals surface area contributed by atoms with E-state index in [1.165, 1.54) is 28.8 Å². The van der Waals surface area contributed by atoms with E-state index < -0.39 is 52.5 Å². The van der Waals surface area contributed by atoms with Gasteiger partial charge in [0.15, 0.2) is 6.23 Å². The zero-order chi connectivity index (χ0) is 45.7. The van der Waals surface area contributed by atoms with Gasteiger partial charge in [-0.3, -0.25) is 43.2 Å². The van der Waals surface area contributed by atoms with Gasteiger partial charge >= 0.3 is 5.69 Å². The summed E-state index contributed by atoms with van der Waals surface area (Å²) in [5.74, 6) is -0.120. The van der Waals surface area contributed by atoms with Crippen LogP contribution in [0.25, 0.3) is 6.08 Å². The molecular formula is C44H70N4O13S. The van der Waals surface area contributed by atoms with E-state index in [9.17, 15) is 43.8 Å². The SMILES string of the molecule is CC(C)(C)OC[C@H]1O[C@@H](n2cc(/C=C/C(=O)NCCCCCCCC(=O)CCSC3CC(=O)N(CCCCCC(=O)CCCCCC(CO)CO)C3=O)c(=O)[nH]c2=O)C(O)[C@H]1O. The Hall–Kier alpha value is -3.52. The summed E-state index contributed by atoms with van der Waals surface area (Å²) in [6.07, 6.45) is 9.93. The summed E-state index contributed by atoms with van der Waals surface area (Å²) in [4.78, 5) is 90.9.